The van der Waals surface area contributed by atoms with Gasteiger partial charge in [-0.25, -0.2) is 0 Å². The van der Waals surface area contributed by atoms with Crippen LogP contribution in [0.5, 0.6) is 0 Å². The molecule has 0 aromatic carbocycles. The van der Waals surface area contributed by atoms with Crippen LogP contribution in [0.25, 0.3) is 0 Å². The summed E-state index contributed by atoms with van der Waals surface area (Å²) >= 11 is 0. The first-order valence-corrected chi connectivity index (χ1v) is 9.87. The van der Waals surface area contributed by atoms with E-state index in [-0.39, 0.29) is 5.41 Å². The molecule has 24 heavy (non-hydrogen) atoms. The molecule has 1 unspecified atom stereocenters. The van der Waals surface area contributed by atoms with E-state index in [0.29, 0.717) is 11.8 Å². The zero-order valence-corrected chi connectivity index (χ0v) is 14.9. The molecule has 2 heterocycles. The Morgan fingerprint density at radius 2 is 2.08 bits per heavy atom. The van der Waals surface area contributed by atoms with E-state index in [4.69, 9.17) is 0 Å². The Morgan fingerprint density at radius 1 is 1.29 bits per heavy atom. The van der Waals surface area contributed by atoms with Gasteiger partial charge in [-0.15, -0.1) is 10.2 Å². The third-order valence-electron chi connectivity index (χ3n) is 6.89. The number of aromatic nitrogens is 3. The highest BCUT2D eigenvalue weighted by molar-refractivity contribution is 5.76. The van der Waals surface area contributed by atoms with Crippen LogP contribution >= 0.6 is 0 Å². The molecule has 1 aromatic rings. The van der Waals surface area contributed by atoms with Crippen molar-refractivity contribution in [2.24, 2.45) is 11.3 Å². The average Bonchev–Trinajstić information content (AvgIpc) is 3.29. The maximum absolute atomic E-state index is 12.8. The molecule has 1 aromatic heterocycles. The molecule has 4 rings (SSSR count). The van der Waals surface area contributed by atoms with Crippen LogP contribution in [-0.2, 0) is 11.3 Å². The van der Waals surface area contributed by atoms with Crippen molar-refractivity contribution in [2.45, 2.75) is 77.2 Å². The van der Waals surface area contributed by atoms with Crippen LogP contribution in [0.2, 0.25) is 0 Å². The van der Waals surface area contributed by atoms with Gasteiger partial charge in [-0.05, 0) is 37.5 Å². The topological polar surface area (TPSA) is 51.0 Å². The van der Waals surface area contributed by atoms with Crippen LogP contribution in [0, 0.1) is 11.3 Å². The van der Waals surface area contributed by atoms with E-state index in [1.165, 1.54) is 44.9 Å². The molecular formula is C19H30N4O. The lowest BCUT2D eigenvalue weighted by Gasteiger charge is -2.42. The maximum atomic E-state index is 12.8. The van der Waals surface area contributed by atoms with Crippen molar-refractivity contribution in [1.29, 1.82) is 0 Å². The molecular weight excluding hydrogens is 300 g/mol. The maximum Gasteiger partial charge on any atom is 0.222 e. The molecule has 5 heteroatoms. The molecule has 1 amide bonds. The molecule has 2 saturated carbocycles. The van der Waals surface area contributed by atoms with Gasteiger partial charge in [0.15, 0.2) is 0 Å². The zero-order valence-electron chi connectivity index (χ0n) is 14.9. The third-order valence-corrected chi connectivity index (χ3v) is 6.89. The van der Waals surface area contributed by atoms with E-state index >= 15 is 0 Å². The SMILES string of the molecule is CCn1cnnc1C1CN(C(=O)CCC2CCCC2)CC12CCC2. The van der Waals surface area contributed by atoms with Crippen molar-refractivity contribution >= 4 is 5.91 Å². The Labute approximate surface area is 144 Å². The van der Waals surface area contributed by atoms with Gasteiger partial charge in [0.05, 0.1) is 0 Å². The standard InChI is InChI=1S/C19H30N4O/c1-2-22-14-20-21-18(22)16-12-23(13-19(16)10-5-11-19)17(24)9-8-15-6-3-4-7-15/h14-16H,2-13H2,1H3. The zero-order chi connectivity index (χ0) is 16.6. The highest BCUT2D eigenvalue weighted by Crippen LogP contribution is 2.55. The van der Waals surface area contributed by atoms with Gasteiger partial charge in [0, 0.05) is 32.0 Å². The second-order valence-corrected chi connectivity index (χ2v) is 8.21. The Hall–Kier alpha value is -1.39. The number of nitrogens with zero attached hydrogens (tertiary/aromatic N) is 4. The first-order chi connectivity index (χ1) is 11.7. The predicted octanol–water partition coefficient (Wildman–Crippen LogP) is 3.36. The van der Waals surface area contributed by atoms with Crippen LogP contribution in [-0.4, -0.2) is 38.7 Å². The fourth-order valence-electron chi connectivity index (χ4n) is 5.21. The molecule has 1 spiro atoms. The first kappa shape index (κ1) is 16.1. The summed E-state index contributed by atoms with van der Waals surface area (Å²) in [6.07, 6.45) is 12.8. The van der Waals surface area contributed by atoms with E-state index in [0.717, 1.165) is 44.2 Å². The normalized spacial score (nSPS) is 26.2. The van der Waals surface area contributed by atoms with Gasteiger partial charge in [0.25, 0.3) is 0 Å². The summed E-state index contributed by atoms with van der Waals surface area (Å²) in [7, 11) is 0. The summed E-state index contributed by atoms with van der Waals surface area (Å²) in [6.45, 7) is 4.84. The summed E-state index contributed by atoms with van der Waals surface area (Å²) in [5, 5.41) is 8.55. The minimum atomic E-state index is 0.281. The minimum absolute atomic E-state index is 0.281. The molecule has 1 saturated heterocycles. The lowest BCUT2D eigenvalue weighted by Crippen LogP contribution is -2.38. The predicted molar refractivity (Wildman–Crippen MR) is 92.5 cm³/mol. The molecule has 3 aliphatic rings. The van der Waals surface area contributed by atoms with Gasteiger partial charge in [-0.2, -0.15) is 0 Å². The van der Waals surface area contributed by atoms with E-state index in [9.17, 15) is 4.79 Å². The second kappa shape index (κ2) is 6.49. The Bertz CT molecular complexity index is 586. The van der Waals surface area contributed by atoms with Crippen molar-refractivity contribution in [3.8, 4) is 0 Å². The van der Waals surface area contributed by atoms with Crippen molar-refractivity contribution in [3.63, 3.8) is 0 Å². The number of amides is 1. The minimum Gasteiger partial charge on any atom is -0.341 e. The smallest absolute Gasteiger partial charge is 0.222 e. The number of carbonyl (C=O) groups is 1. The van der Waals surface area contributed by atoms with E-state index in [1.807, 2.05) is 6.33 Å². The number of rotatable bonds is 5. The highest BCUT2D eigenvalue weighted by Gasteiger charge is 2.53. The second-order valence-electron chi connectivity index (χ2n) is 8.21. The number of likely N-dealkylation sites (tertiary alicyclic amines) is 1. The quantitative estimate of drug-likeness (QED) is 0.832. The largest absolute Gasteiger partial charge is 0.341 e. The van der Waals surface area contributed by atoms with E-state index < -0.39 is 0 Å². The number of hydrogen-bond acceptors (Lipinski definition) is 3. The lowest BCUT2D eigenvalue weighted by molar-refractivity contribution is -0.131. The van der Waals surface area contributed by atoms with E-state index in [2.05, 4.69) is 26.6 Å². The molecule has 2 aliphatic carbocycles. The van der Waals surface area contributed by atoms with Crippen LogP contribution in [0.1, 0.15) is 76.5 Å². The van der Waals surface area contributed by atoms with Crippen LogP contribution < -0.4 is 0 Å². The van der Waals surface area contributed by atoms with Crippen LogP contribution in [0.4, 0.5) is 0 Å². The first-order valence-electron chi connectivity index (χ1n) is 9.87. The number of carbonyl (C=O) groups excluding carboxylic acids is 1. The lowest BCUT2D eigenvalue weighted by atomic mass is 9.62. The highest BCUT2D eigenvalue weighted by atomic mass is 16.2. The van der Waals surface area contributed by atoms with E-state index in [1.54, 1.807) is 0 Å². The summed E-state index contributed by atoms with van der Waals surface area (Å²) in [5.41, 5.74) is 0.281. The monoisotopic (exact) mass is 330 g/mol. The van der Waals surface area contributed by atoms with Crippen LogP contribution in [0.3, 0.4) is 0 Å². The summed E-state index contributed by atoms with van der Waals surface area (Å²) in [5.74, 6) is 2.65. The summed E-state index contributed by atoms with van der Waals surface area (Å²) in [6, 6.07) is 0. The van der Waals surface area contributed by atoms with Crippen molar-refractivity contribution in [3.05, 3.63) is 12.2 Å². The summed E-state index contributed by atoms with van der Waals surface area (Å²) in [4.78, 5) is 14.9. The molecule has 0 N–H and O–H groups in total. The molecule has 0 radical (unpaired) electrons. The number of hydrogen-bond donors (Lipinski definition) is 0. The van der Waals surface area contributed by atoms with Gasteiger partial charge in [0.1, 0.15) is 12.2 Å². The van der Waals surface area contributed by atoms with Crippen molar-refractivity contribution in [1.82, 2.24) is 19.7 Å². The Balaban J connectivity index is 1.44. The van der Waals surface area contributed by atoms with Gasteiger partial charge >= 0.3 is 0 Å². The van der Waals surface area contributed by atoms with Crippen molar-refractivity contribution < 1.29 is 4.79 Å². The van der Waals surface area contributed by atoms with Crippen LogP contribution in [0.15, 0.2) is 6.33 Å². The van der Waals surface area contributed by atoms with Crippen molar-refractivity contribution in [2.75, 3.05) is 13.1 Å². The Morgan fingerprint density at radius 3 is 2.75 bits per heavy atom. The molecule has 1 atom stereocenters. The van der Waals surface area contributed by atoms with Gasteiger partial charge in [0.2, 0.25) is 5.91 Å². The van der Waals surface area contributed by atoms with Gasteiger partial charge < -0.3 is 9.47 Å². The fourth-order valence-corrected chi connectivity index (χ4v) is 5.21. The average molecular weight is 330 g/mol. The fraction of sp³-hybridized carbons (Fsp3) is 0.842. The molecule has 3 fully saturated rings. The van der Waals surface area contributed by atoms with Gasteiger partial charge in [-0.3, -0.25) is 4.79 Å². The summed E-state index contributed by atoms with van der Waals surface area (Å²) < 4.78 is 2.16. The molecule has 5 nitrogen and oxygen atoms in total. The molecule has 0 bridgehead atoms. The molecule has 132 valence electrons. The molecule has 1 aliphatic heterocycles. The number of aryl methyl sites for hydroxylation is 1. The van der Waals surface area contributed by atoms with Gasteiger partial charge in [-0.1, -0.05) is 32.1 Å². The Kier molecular flexibility index (Phi) is 4.35. The third kappa shape index (κ3) is 2.76.